The second-order valence-corrected chi connectivity index (χ2v) is 3.58. The highest BCUT2D eigenvalue weighted by Gasteiger charge is 2.14. The van der Waals surface area contributed by atoms with Gasteiger partial charge in [0.2, 0.25) is 0 Å². The average Bonchev–Trinajstić information content (AvgIpc) is 2.14. The van der Waals surface area contributed by atoms with Crippen LogP contribution in [0.3, 0.4) is 0 Å². The first-order chi connectivity index (χ1) is 6.54. The Hall–Kier alpha value is 0.250. The number of nitrogens with one attached hydrogen (secondary N) is 1. The first-order valence-electron chi connectivity index (χ1n) is 6.21. The molecule has 1 nitrogen and oxygen atoms in total. The van der Waals surface area contributed by atoms with Gasteiger partial charge in [0.25, 0.3) is 0 Å². The summed E-state index contributed by atoms with van der Waals surface area (Å²) in [6.45, 7) is -1.84. The Bertz CT molecular complexity index is 167. The first kappa shape index (κ1) is 7.64. The fourth-order valence-electron chi connectivity index (χ4n) is 1.87. The van der Waals surface area contributed by atoms with Gasteiger partial charge in [-0.05, 0) is 26.2 Å². The van der Waals surface area contributed by atoms with E-state index in [2.05, 4.69) is 5.32 Å². The molecule has 0 bridgehead atoms. The summed E-state index contributed by atoms with van der Waals surface area (Å²) < 4.78 is 22.1. The van der Waals surface area contributed by atoms with E-state index in [9.17, 15) is 0 Å². The monoisotopic (exact) mass is 194 g/mol. The number of halogens is 1. The third kappa shape index (κ3) is 4.32. The molecule has 74 valence electrons. The van der Waals surface area contributed by atoms with Crippen molar-refractivity contribution in [2.75, 3.05) is 7.05 Å². The average molecular weight is 195 g/mol. The second kappa shape index (κ2) is 6.73. The highest BCUT2D eigenvalue weighted by molar-refractivity contribution is 5.85. The van der Waals surface area contributed by atoms with Crippen LogP contribution in [0.25, 0.3) is 0 Å². The number of hydrogen-bond acceptors (Lipinski definition) is 1. The molecule has 1 saturated carbocycles. The molecule has 1 atom stereocenters. The quantitative estimate of drug-likeness (QED) is 0.729. The van der Waals surface area contributed by atoms with Crippen LogP contribution in [0.2, 0.25) is 0 Å². The minimum atomic E-state index is -1.84. The predicted octanol–water partition coefficient (Wildman–Crippen LogP) is 2.99. The molecule has 1 aliphatic rings. The number of rotatable bonds is 3. The van der Waals surface area contributed by atoms with E-state index in [1.165, 1.54) is 32.1 Å². The largest absolute Gasteiger partial charge is 0.317 e. The zero-order chi connectivity index (χ0) is 10.6. The molecule has 0 aliphatic heterocycles. The van der Waals surface area contributed by atoms with Crippen molar-refractivity contribution < 1.29 is 4.11 Å². The van der Waals surface area contributed by atoms with Gasteiger partial charge in [-0.25, -0.2) is 0 Å². The molecule has 1 rings (SSSR count). The standard InChI is InChI=1S/C10H21N.ClH/c1-9(11-2)8-10-6-4-3-5-7-10;/h9-11H,3-8H2,1-2H3;1H/i1D3;. The molecule has 0 radical (unpaired) electrons. The van der Waals surface area contributed by atoms with Crippen LogP contribution < -0.4 is 5.32 Å². The molecule has 0 aromatic heterocycles. The molecule has 1 N–H and O–H groups in total. The van der Waals surface area contributed by atoms with Gasteiger partial charge in [-0.3, -0.25) is 0 Å². The highest BCUT2D eigenvalue weighted by atomic mass is 35.5. The maximum atomic E-state index is 7.38. The summed E-state index contributed by atoms with van der Waals surface area (Å²) in [4.78, 5) is 0. The second-order valence-electron chi connectivity index (χ2n) is 3.58. The van der Waals surface area contributed by atoms with E-state index in [1.54, 1.807) is 7.05 Å². The third-order valence-electron chi connectivity index (χ3n) is 2.64. The smallest absolute Gasteiger partial charge is 0.0246 e. The number of hydrogen-bond donors (Lipinski definition) is 1. The summed E-state index contributed by atoms with van der Waals surface area (Å²) in [5.41, 5.74) is 0. The summed E-state index contributed by atoms with van der Waals surface area (Å²) in [7, 11) is 1.75. The van der Waals surface area contributed by atoms with Crippen molar-refractivity contribution in [2.24, 2.45) is 5.92 Å². The van der Waals surface area contributed by atoms with Crippen LogP contribution in [-0.2, 0) is 0 Å². The normalized spacial score (nSPS) is 26.2. The Morgan fingerprint density at radius 1 is 1.42 bits per heavy atom. The molecule has 2 heteroatoms. The van der Waals surface area contributed by atoms with Gasteiger partial charge in [-0.15, -0.1) is 12.4 Å². The Balaban J connectivity index is 0.00000196. The van der Waals surface area contributed by atoms with Crippen LogP contribution >= 0.6 is 12.4 Å². The minimum Gasteiger partial charge on any atom is -0.317 e. The summed E-state index contributed by atoms with van der Waals surface area (Å²) in [6, 6.07) is -0.314. The topological polar surface area (TPSA) is 12.0 Å². The molecule has 1 unspecified atom stereocenters. The van der Waals surface area contributed by atoms with E-state index >= 15 is 0 Å². The van der Waals surface area contributed by atoms with E-state index in [0.717, 1.165) is 6.42 Å². The zero-order valence-corrected chi connectivity index (χ0v) is 8.62. The predicted molar refractivity (Wildman–Crippen MR) is 57.0 cm³/mol. The van der Waals surface area contributed by atoms with Gasteiger partial charge in [-0.1, -0.05) is 32.1 Å². The van der Waals surface area contributed by atoms with Crippen molar-refractivity contribution in [3.63, 3.8) is 0 Å². The third-order valence-corrected chi connectivity index (χ3v) is 2.64. The summed E-state index contributed by atoms with van der Waals surface area (Å²) in [5.74, 6) is 0.627. The SMILES string of the molecule is Cl.[2H]C([2H])([2H])C(CC1CCCCC1)NC. The molecular formula is C10H22ClN. The van der Waals surface area contributed by atoms with Crippen molar-refractivity contribution in [3.8, 4) is 0 Å². The molecule has 0 spiro atoms. The lowest BCUT2D eigenvalue weighted by atomic mass is 9.85. The molecule has 0 saturated heterocycles. The van der Waals surface area contributed by atoms with Crippen molar-refractivity contribution >= 4 is 12.4 Å². The van der Waals surface area contributed by atoms with Crippen LogP contribution in [0.5, 0.6) is 0 Å². The Morgan fingerprint density at radius 2 is 2.08 bits per heavy atom. The van der Waals surface area contributed by atoms with Gasteiger partial charge in [0.1, 0.15) is 0 Å². The van der Waals surface area contributed by atoms with Gasteiger partial charge < -0.3 is 5.32 Å². The van der Waals surface area contributed by atoms with Crippen molar-refractivity contribution in [1.82, 2.24) is 5.32 Å². The molecule has 0 heterocycles. The van der Waals surface area contributed by atoms with E-state index < -0.39 is 6.85 Å². The molecule has 1 aliphatic carbocycles. The van der Waals surface area contributed by atoms with Gasteiger partial charge in [0.15, 0.2) is 0 Å². The van der Waals surface area contributed by atoms with Crippen molar-refractivity contribution in [2.45, 2.75) is 51.4 Å². The van der Waals surface area contributed by atoms with E-state index in [1.807, 2.05) is 0 Å². The minimum absolute atomic E-state index is 0. The molecule has 1 fully saturated rings. The lowest BCUT2D eigenvalue weighted by Crippen LogP contribution is -2.25. The van der Waals surface area contributed by atoms with Crippen LogP contribution in [0.1, 0.15) is 49.5 Å². The fraction of sp³-hybridized carbons (Fsp3) is 1.00. The summed E-state index contributed by atoms with van der Waals surface area (Å²) >= 11 is 0. The maximum Gasteiger partial charge on any atom is 0.0246 e. The maximum absolute atomic E-state index is 7.38. The van der Waals surface area contributed by atoms with Crippen LogP contribution in [-0.4, -0.2) is 13.1 Å². The molecule has 0 amide bonds. The summed E-state index contributed by atoms with van der Waals surface area (Å²) in [6.07, 6.45) is 7.13. The first-order valence-corrected chi connectivity index (χ1v) is 4.71. The lowest BCUT2D eigenvalue weighted by molar-refractivity contribution is 0.311. The molecule has 0 aromatic carbocycles. The molecule has 12 heavy (non-hydrogen) atoms. The fourth-order valence-corrected chi connectivity index (χ4v) is 1.87. The molecule has 0 aromatic rings. The van der Waals surface area contributed by atoms with Crippen molar-refractivity contribution in [3.05, 3.63) is 0 Å². The van der Waals surface area contributed by atoms with E-state index in [-0.39, 0.29) is 18.4 Å². The zero-order valence-electron chi connectivity index (χ0n) is 10.8. The van der Waals surface area contributed by atoms with Gasteiger partial charge in [0, 0.05) is 10.2 Å². The van der Waals surface area contributed by atoms with Crippen LogP contribution in [0, 0.1) is 5.92 Å². The Labute approximate surface area is 86.9 Å². The van der Waals surface area contributed by atoms with Gasteiger partial charge >= 0.3 is 0 Å². The van der Waals surface area contributed by atoms with Crippen LogP contribution in [0.15, 0.2) is 0 Å². The Morgan fingerprint density at radius 3 is 2.58 bits per heavy atom. The van der Waals surface area contributed by atoms with Gasteiger partial charge in [0.05, 0.1) is 0 Å². The van der Waals surface area contributed by atoms with E-state index in [0.29, 0.717) is 5.92 Å². The van der Waals surface area contributed by atoms with Gasteiger partial charge in [-0.2, -0.15) is 0 Å². The molecular weight excluding hydrogens is 170 g/mol. The van der Waals surface area contributed by atoms with Crippen LogP contribution in [0.4, 0.5) is 0 Å². The van der Waals surface area contributed by atoms with E-state index in [4.69, 9.17) is 4.11 Å². The van der Waals surface area contributed by atoms with Crippen molar-refractivity contribution in [1.29, 1.82) is 0 Å². The Kier molecular flexibility index (Phi) is 4.28. The highest BCUT2D eigenvalue weighted by Crippen LogP contribution is 2.26. The summed E-state index contributed by atoms with van der Waals surface area (Å²) in [5, 5.41) is 2.93. The lowest BCUT2D eigenvalue weighted by Gasteiger charge is -2.24.